The van der Waals surface area contributed by atoms with E-state index in [4.69, 9.17) is 0 Å². The normalized spacial score (nSPS) is 12.5. The van der Waals surface area contributed by atoms with E-state index in [0.29, 0.717) is 6.42 Å². The van der Waals surface area contributed by atoms with Gasteiger partial charge in [-0.25, -0.2) is 4.98 Å². The molecule has 2 nitrogen and oxygen atoms in total. The maximum Gasteiger partial charge on any atom is 0.145 e. The van der Waals surface area contributed by atoms with Crippen LogP contribution in [0.3, 0.4) is 0 Å². The summed E-state index contributed by atoms with van der Waals surface area (Å²) in [6, 6.07) is 3.79. The van der Waals surface area contributed by atoms with Gasteiger partial charge < -0.3 is 0 Å². The predicted molar refractivity (Wildman–Crippen MR) is 62.6 cm³/mol. The Kier molecular flexibility index (Phi) is 4.62. The van der Waals surface area contributed by atoms with Gasteiger partial charge in [-0.05, 0) is 35.0 Å². The lowest BCUT2D eigenvalue weighted by atomic mass is 10.2. The highest BCUT2D eigenvalue weighted by Gasteiger charge is 2.14. The van der Waals surface area contributed by atoms with E-state index in [-0.39, 0.29) is 11.0 Å². The minimum Gasteiger partial charge on any atom is -0.298 e. The van der Waals surface area contributed by atoms with E-state index in [1.54, 1.807) is 6.20 Å². The van der Waals surface area contributed by atoms with Gasteiger partial charge >= 0.3 is 0 Å². The van der Waals surface area contributed by atoms with Gasteiger partial charge in [0.25, 0.3) is 0 Å². The molecule has 0 aliphatic heterocycles. The fraction of sp³-hybridized carbons (Fsp3) is 0.400. The first-order valence-electron chi connectivity index (χ1n) is 4.45. The number of rotatable bonds is 4. The number of halogens is 1. The molecule has 0 fully saturated rings. The van der Waals surface area contributed by atoms with Crippen molar-refractivity contribution in [1.82, 2.24) is 4.98 Å². The third-order valence-electron chi connectivity index (χ3n) is 1.82. The number of carbonyl (C=O) groups excluding carboxylic acids is 1. The largest absolute Gasteiger partial charge is 0.298 e. The molecular weight excluding hydrogens is 262 g/mol. The van der Waals surface area contributed by atoms with Crippen molar-refractivity contribution >= 4 is 33.5 Å². The summed E-state index contributed by atoms with van der Waals surface area (Å²) in [4.78, 5) is 15.6. The molecule has 76 valence electrons. The topological polar surface area (TPSA) is 30.0 Å². The number of Topliss-reactive ketones (excluding diaryl/α,β-unsaturated/α-hetero) is 1. The first-order chi connectivity index (χ1) is 6.65. The third kappa shape index (κ3) is 3.10. The molecule has 0 aromatic carbocycles. The van der Waals surface area contributed by atoms with Crippen LogP contribution in [0.25, 0.3) is 0 Å². The molecule has 0 spiro atoms. The summed E-state index contributed by atoms with van der Waals surface area (Å²) in [7, 11) is 0. The van der Waals surface area contributed by atoms with Crippen LogP contribution in [0.2, 0.25) is 0 Å². The molecule has 4 heteroatoms. The molecule has 1 atom stereocenters. The second-order valence-electron chi connectivity index (χ2n) is 2.87. The van der Waals surface area contributed by atoms with Crippen LogP contribution < -0.4 is 0 Å². The molecule has 1 rings (SSSR count). The van der Waals surface area contributed by atoms with Crippen LogP contribution in [0.15, 0.2) is 27.8 Å². The van der Waals surface area contributed by atoms with Crippen LogP contribution in [0.1, 0.15) is 20.3 Å². The SMILES string of the molecule is CCC(=O)C(C)Sc1ncccc1Br. The number of thioether (sulfide) groups is 1. The molecule has 1 heterocycles. The van der Waals surface area contributed by atoms with E-state index in [9.17, 15) is 4.79 Å². The van der Waals surface area contributed by atoms with Gasteiger partial charge in [-0.3, -0.25) is 4.79 Å². The molecule has 0 saturated heterocycles. The Morgan fingerprint density at radius 2 is 2.43 bits per heavy atom. The number of pyridine rings is 1. The zero-order chi connectivity index (χ0) is 10.6. The quantitative estimate of drug-likeness (QED) is 0.789. The van der Waals surface area contributed by atoms with E-state index in [0.717, 1.165) is 9.50 Å². The highest BCUT2D eigenvalue weighted by Crippen LogP contribution is 2.28. The smallest absolute Gasteiger partial charge is 0.145 e. The van der Waals surface area contributed by atoms with E-state index in [1.165, 1.54) is 11.8 Å². The van der Waals surface area contributed by atoms with Gasteiger partial charge in [-0.2, -0.15) is 0 Å². The molecule has 0 aliphatic carbocycles. The van der Waals surface area contributed by atoms with Crippen molar-refractivity contribution in [1.29, 1.82) is 0 Å². The molecule has 0 bridgehead atoms. The summed E-state index contributed by atoms with van der Waals surface area (Å²) in [5, 5.41) is 0.855. The predicted octanol–water partition coefficient (Wildman–Crippen LogP) is 3.30. The number of nitrogens with zero attached hydrogens (tertiary/aromatic N) is 1. The van der Waals surface area contributed by atoms with Gasteiger partial charge in [-0.15, -0.1) is 0 Å². The van der Waals surface area contributed by atoms with Crippen molar-refractivity contribution in [3.63, 3.8) is 0 Å². The lowest BCUT2D eigenvalue weighted by molar-refractivity contribution is -0.117. The number of ketones is 1. The minimum atomic E-state index is -0.0220. The van der Waals surface area contributed by atoms with Crippen molar-refractivity contribution in [2.75, 3.05) is 0 Å². The number of aromatic nitrogens is 1. The highest BCUT2D eigenvalue weighted by molar-refractivity contribution is 9.10. The third-order valence-corrected chi connectivity index (χ3v) is 3.88. The maximum atomic E-state index is 11.4. The molecule has 0 aliphatic rings. The maximum absolute atomic E-state index is 11.4. The summed E-state index contributed by atoms with van der Waals surface area (Å²) in [6.07, 6.45) is 2.31. The van der Waals surface area contributed by atoms with Crippen molar-refractivity contribution in [2.45, 2.75) is 30.5 Å². The molecule has 0 N–H and O–H groups in total. The van der Waals surface area contributed by atoms with Gasteiger partial charge in [0, 0.05) is 17.1 Å². The molecule has 0 radical (unpaired) electrons. The fourth-order valence-corrected chi connectivity index (χ4v) is 2.45. The Morgan fingerprint density at radius 3 is 3.00 bits per heavy atom. The van der Waals surface area contributed by atoms with Crippen LogP contribution in [0.5, 0.6) is 0 Å². The highest BCUT2D eigenvalue weighted by atomic mass is 79.9. The van der Waals surface area contributed by atoms with Gasteiger partial charge in [0.05, 0.1) is 5.25 Å². The molecule has 14 heavy (non-hydrogen) atoms. The second kappa shape index (κ2) is 5.51. The van der Waals surface area contributed by atoms with Crippen LogP contribution in [-0.2, 0) is 4.79 Å². The summed E-state index contributed by atoms with van der Waals surface area (Å²) < 4.78 is 0.945. The van der Waals surface area contributed by atoms with E-state index < -0.39 is 0 Å². The van der Waals surface area contributed by atoms with Crippen molar-refractivity contribution in [2.24, 2.45) is 0 Å². The van der Waals surface area contributed by atoms with E-state index in [2.05, 4.69) is 20.9 Å². The lowest BCUT2D eigenvalue weighted by Gasteiger charge is -2.08. The number of hydrogen-bond acceptors (Lipinski definition) is 3. The first-order valence-corrected chi connectivity index (χ1v) is 6.12. The monoisotopic (exact) mass is 273 g/mol. The Bertz CT molecular complexity index is 330. The molecule has 1 aromatic rings. The fourth-order valence-electron chi connectivity index (χ4n) is 0.979. The molecule has 1 aromatic heterocycles. The number of hydrogen-bond donors (Lipinski definition) is 0. The minimum absolute atomic E-state index is 0.0220. The second-order valence-corrected chi connectivity index (χ2v) is 5.05. The lowest BCUT2D eigenvalue weighted by Crippen LogP contribution is -2.11. The van der Waals surface area contributed by atoms with Gasteiger partial charge in [0.2, 0.25) is 0 Å². The Labute approximate surface area is 96.6 Å². The van der Waals surface area contributed by atoms with Crippen LogP contribution >= 0.6 is 27.7 Å². The van der Waals surface area contributed by atoms with Gasteiger partial charge in [0.15, 0.2) is 0 Å². The molecule has 0 saturated carbocycles. The summed E-state index contributed by atoms with van der Waals surface area (Å²) in [6.45, 7) is 3.80. The summed E-state index contributed by atoms with van der Waals surface area (Å²) >= 11 is 4.90. The van der Waals surface area contributed by atoms with Crippen molar-refractivity contribution in [3.8, 4) is 0 Å². The number of carbonyl (C=O) groups is 1. The van der Waals surface area contributed by atoms with Gasteiger partial charge in [0.1, 0.15) is 10.8 Å². The summed E-state index contributed by atoms with van der Waals surface area (Å²) in [5.41, 5.74) is 0. The van der Waals surface area contributed by atoms with Crippen molar-refractivity contribution in [3.05, 3.63) is 22.8 Å². The Hall–Kier alpha value is -0.350. The van der Waals surface area contributed by atoms with Crippen LogP contribution in [-0.4, -0.2) is 16.0 Å². The average molecular weight is 274 g/mol. The van der Waals surface area contributed by atoms with Crippen molar-refractivity contribution < 1.29 is 4.79 Å². The van der Waals surface area contributed by atoms with Crippen LogP contribution in [0.4, 0.5) is 0 Å². The molecule has 0 amide bonds. The van der Waals surface area contributed by atoms with E-state index in [1.807, 2.05) is 26.0 Å². The standard InChI is InChI=1S/C10H12BrNOS/c1-3-9(13)7(2)14-10-8(11)5-4-6-12-10/h4-7H,3H2,1-2H3. The van der Waals surface area contributed by atoms with Gasteiger partial charge in [-0.1, -0.05) is 18.7 Å². The first kappa shape index (κ1) is 11.7. The zero-order valence-corrected chi connectivity index (χ0v) is 10.6. The van der Waals surface area contributed by atoms with Crippen LogP contribution in [0, 0.1) is 0 Å². The summed E-state index contributed by atoms with van der Waals surface area (Å²) in [5.74, 6) is 0.257. The Balaban J connectivity index is 2.69. The average Bonchev–Trinajstić information content (AvgIpc) is 2.20. The van der Waals surface area contributed by atoms with E-state index >= 15 is 0 Å². The molecular formula is C10H12BrNOS. The zero-order valence-electron chi connectivity index (χ0n) is 8.16. The Morgan fingerprint density at radius 1 is 1.71 bits per heavy atom. The molecule has 1 unspecified atom stereocenters.